The van der Waals surface area contributed by atoms with E-state index in [9.17, 15) is 4.79 Å². The Morgan fingerprint density at radius 2 is 2.12 bits per heavy atom. The molecule has 0 bridgehead atoms. The molecule has 0 spiro atoms. The summed E-state index contributed by atoms with van der Waals surface area (Å²) in [7, 11) is 1.59. The van der Waals surface area contributed by atoms with E-state index in [-0.39, 0.29) is 11.9 Å². The average Bonchev–Trinajstić information content (AvgIpc) is 3.50. The van der Waals surface area contributed by atoms with Crippen molar-refractivity contribution in [2.45, 2.75) is 31.7 Å². The number of ether oxygens (including phenoxy) is 1. The van der Waals surface area contributed by atoms with Crippen molar-refractivity contribution >= 4 is 39.9 Å². The molecule has 1 aromatic carbocycles. The van der Waals surface area contributed by atoms with E-state index >= 15 is 0 Å². The molecule has 7 nitrogen and oxygen atoms in total. The Bertz CT molecular complexity index is 1430. The van der Waals surface area contributed by atoms with Crippen molar-refractivity contribution < 1.29 is 9.53 Å². The number of benzene rings is 1. The molecule has 1 amide bonds. The number of hydrogen-bond acceptors (Lipinski definition) is 5. The van der Waals surface area contributed by atoms with Gasteiger partial charge in [-0.1, -0.05) is 24.6 Å². The molecule has 1 fully saturated rings. The van der Waals surface area contributed by atoms with Gasteiger partial charge in [0.25, 0.3) is 5.91 Å². The third-order valence-electron chi connectivity index (χ3n) is 6.50. The molecule has 8 heteroatoms. The first-order valence-corrected chi connectivity index (χ1v) is 11.4. The first-order valence-electron chi connectivity index (χ1n) is 11.0. The number of amides is 1. The quantitative estimate of drug-likeness (QED) is 0.382. The summed E-state index contributed by atoms with van der Waals surface area (Å²) in [6.45, 7) is 2.06. The first-order chi connectivity index (χ1) is 16.1. The van der Waals surface area contributed by atoms with Crippen LogP contribution in [-0.2, 0) is 6.42 Å². The van der Waals surface area contributed by atoms with E-state index in [4.69, 9.17) is 16.3 Å². The lowest BCUT2D eigenvalue weighted by Crippen LogP contribution is -2.31. The molecule has 2 atom stereocenters. The lowest BCUT2D eigenvalue weighted by Gasteiger charge is -2.17. The van der Waals surface area contributed by atoms with E-state index in [1.54, 1.807) is 19.4 Å². The van der Waals surface area contributed by atoms with Crippen LogP contribution in [0.25, 0.3) is 22.3 Å². The Labute approximate surface area is 195 Å². The number of fused-ring (bicyclic) bond motifs is 4. The van der Waals surface area contributed by atoms with Gasteiger partial charge in [-0.3, -0.25) is 9.78 Å². The third kappa shape index (κ3) is 3.15. The molecule has 1 saturated carbocycles. The molecule has 4 aromatic rings. The summed E-state index contributed by atoms with van der Waals surface area (Å²) in [4.78, 5) is 25.8. The van der Waals surface area contributed by atoms with Crippen molar-refractivity contribution in [2.75, 3.05) is 12.4 Å². The van der Waals surface area contributed by atoms with Gasteiger partial charge in [0.15, 0.2) is 0 Å². The highest BCUT2D eigenvalue weighted by Gasteiger charge is 2.48. The number of rotatable bonds is 5. The van der Waals surface area contributed by atoms with Crippen LogP contribution >= 0.6 is 11.6 Å². The van der Waals surface area contributed by atoms with E-state index in [1.165, 1.54) is 0 Å². The fraction of sp³-hybridized carbons (Fsp3) is 0.240. The van der Waals surface area contributed by atoms with E-state index in [1.807, 2.05) is 30.3 Å². The van der Waals surface area contributed by atoms with Crippen LogP contribution in [0.1, 0.15) is 40.9 Å². The molecule has 0 radical (unpaired) electrons. The summed E-state index contributed by atoms with van der Waals surface area (Å²) in [5.74, 6) is 0.732. The minimum absolute atomic E-state index is 0.0715. The lowest BCUT2D eigenvalue weighted by atomic mass is 10.0. The number of carbonyl (C=O) groups is 1. The Balaban J connectivity index is 1.60. The predicted molar refractivity (Wildman–Crippen MR) is 129 cm³/mol. The van der Waals surface area contributed by atoms with Crippen molar-refractivity contribution in [3.8, 4) is 17.1 Å². The summed E-state index contributed by atoms with van der Waals surface area (Å²) < 4.78 is 5.36. The van der Waals surface area contributed by atoms with E-state index < -0.39 is 0 Å². The summed E-state index contributed by atoms with van der Waals surface area (Å²) in [6, 6.07) is 11.6. The SMILES string of the molecule is CCc1c(Cl)cccc1Nc1c(-c2ccnc3ccc(OC)nc23)[nH]c2c1C(=O)N[C@@H]1C[C@H]21. The highest BCUT2D eigenvalue weighted by atomic mass is 35.5. The zero-order valence-electron chi connectivity index (χ0n) is 18.2. The van der Waals surface area contributed by atoms with Gasteiger partial charge in [0.05, 0.1) is 29.6 Å². The Morgan fingerprint density at radius 1 is 1.24 bits per heavy atom. The summed E-state index contributed by atoms with van der Waals surface area (Å²) >= 11 is 6.48. The second-order valence-electron chi connectivity index (χ2n) is 8.41. The van der Waals surface area contributed by atoms with Crippen LogP contribution in [0, 0.1) is 0 Å². The molecule has 0 unspecified atom stereocenters. The molecule has 2 aliphatic rings. The van der Waals surface area contributed by atoms with E-state index in [2.05, 4.69) is 32.5 Å². The highest BCUT2D eigenvalue weighted by molar-refractivity contribution is 6.31. The smallest absolute Gasteiger partial charge is 0.255 e. The normalized spacial score (nSPS) is 18.5. The van der Waals surface area contributed by atoms with Crippen LogP contribution in [0.4, 0.5) is 11.4 Å². The fourth-order valence-electron chi connectivity index (χ4n) is 4.77. The minimum atomic E-state index is -0.0715. The maximum Gasteiger partial charge on any atom is 0.255 e. The number of anilines is 2. The number of H-pyrrole nitrogens is 1. The van der Waals surface area contributed by atoms with Crippen molar-refractivity contribution in [3.63, 3.8) is 0 Å². The number of hydrogen-bond donors (Lipinski definition) is 3. The lowest BCUT2D eigenvalue weighted by molar-refractivity contribution is 0.0944. The van der Waals surface area contributed by atoms with Crippen molar-refractivity contribution in [2.24, 2.45) is 0 Å². The first kappa shape index (κ1) is 20.1. The van der Waals surface area contributed by atoms with Crippen molar-refractivity contribution in [1.29, 1.82) is 0 Å². The number of nitrogens with one attached hydrogen (secondary N) is 3. The van der Waals surface area contributed by atoms with E-state index in [0.717, 1.165) is 52.2 Å². The third-order valence-corrected chi connectivity index (χ3v) is 6.86. The summed E-state index contributed by atoms with van der Waals surface area (Å²) in [5.41, 5.74) is 7.32. The van der Waals surface area contributed by atoms with Gasteiger partial charge in [0.2, 0.25) is 5.88 Å². The monoisotopic (exact) mass is 459 g/mol. The molecule has 1 aliphatic carbocycles. The topological polar surface area (TPSA) is 91.9 Å². The number of nitrogens with zero attached hydrogens (tertiary/aromatic N) is 2. The molecule has 0 saturated heterocycles. The zero-order valence-corrected chi connectivity index (χ0v) is 19.0. The number of aromatic amines is 1. The molecule has 33 heavy (non-hydrogen) atoms. The van der Waals surface area contributed by atoms with Crippen molar-refractivity contribution in [3.05, 3.63) is 64.4 Å². The fourth-order valence-corrected chi connectivity index (χ4v) is 5.08. The highest BCUT2D eigenvalue weighted by Crippen LogP contribution is 2.50. The predicted octanol–water partition coefficient (Wildman–Crippen LogP) is 5.19. The summed E-state index contributed by atoms with van der Waals surface area (Å²) in [5, 5.41) is 7.36. The number of halogens is 1. The van der Waals surface area contributed by atoms with Gasteiger partial charge in [-0.05, 0) is 42.7 Å². The molecular formula is C25H22ClN5O2. The van der Waals surface area contributed by atoms with Crippen LogP contribution < -0.4 is 15.4 Å². The van der Waals surface area contributed by atoms with Gasteiger partial charge in [-0.25, -0.2) is 4.98 Å². The zero-order chi connectivity index (χ0) is 22.7. The average molecular weight is 460 g/mol. The number of methoxy groups -OCH3 is 1. The molecule has 3 aromatic heterocycles. The van der Waals surface area contributed by atoms with Gasteiger partial charge in [0.1, 0.15) is 5.52 Å². The second kappa shape index (κ2) is 7.49. The molecule has 1 aliphatic heterocycles. The van der Waals surface area contributed by atoms with Gasteiger partial charge in [-0.2, -0.15) is 0 Å². The van der Waals surface area contributed by atoms with Gasteiger partial charge in [-0.15, -0.1) is 0 Å². The largest absolute Gasteiger partial charge is 0.481 e. The molecule has 6 rings (SSSR count). The van der Waals surface area contributed by atoms with Crippen LogP contribution in [0.3, 0.4) is 0 Å². The number of carbonyl (C=O) groups excluding carboxylic acids is 1. The van der Waals surface area contributed by atoms with E-state index in [0.29, 0.717) is 27.9 Å². The Hall–Kier alpha value is -3.58. The standard InChI is InChI=1S/C25H22ClN5O2/c1-3-12-15(26)5-4-6-16(12)28-24-20-22(14-11-18(14)29-25(20)32)31-23(24)13-9-10-27-17-7-8-19(33-2)30-21(13)17/h4-10,14,18,28,31H,3,11H2,1-2H3,(H,29,32)/t14-,18+/m0/s1. The van der Waals surface area contributed by atoms with Crippen LogP contribution in [-0.4, -0.2) is 34.0 Å². The maximum atomic E-state index is 13.1. The van der Waals surface area contributed by atoms with Crippen molar-refractivity contribution in [1.82, 2.24) is 20.3 Å². The van der Waals surface area contributed by atoms with Gasteiger partial charge in [0, 0.05) is 46.2 Å². The number of pyridine rings is 2. The maximum absolute atomic E-state index is 13.1. The summed E-state index contributed by atoms with van der Waals surface area (Å²) in [6.07, 6.45) is 3.46. The molecule has 4 heterocycles. The van der Waals surface area contributed by atoms with Crippen LogP contribution in [0.15, 0.2) is 42.6 Å². The molecule has 3 N–H and O–H groups in total. The van der Waals surface area contributed by atoms with Gasteiger partial charge >= 0.3 is 0 Å². The second-order valence-corrected chi connectivity index (χ2v) is 8.82. The Morgan fingerprint density at radius 3 is 2.94 bits per heavy atom. The Kier molecular flexibility index (Phi) is 4.55. The van der Waals surface area contributed by atoms with Crippen LogP contribution in [0.2, 0.25) is 5.02 Å². The number of aromatic nitrogens is 3. The molecular weight excluding hydrogens is 438 g/mol. The van der Waals surface area contributed by atoms with Crippen LogP contribution in [0.5, 0.6) is 5.88 Å². The van der Waals surface area contributed by atoms with Gasteiger partial charge < -0.3 is 20.4 Å². The minimum Gasteiger partial charge on any atom is -0.481 e. The molecule has 166 valence electrons.